The molecule has 2 amide bonds. The zero-order valence-electron chi connectivity index (χ0n) is 11.2. The van der Waals surface area contributed by atoms with E-state index in [1.807, 2.05) is 0 Å². The molecule has 2 aromatic rings. The van der Waals surface area contributed by atoms with Gasteiger partial charge >= 0.3 is 6.09 Å². The first kappa shape index (κ1) is 14.5. The molecule has 0 bridgehead atoms. The number of ether oxygens (including phenoxy) is 1. The van der Waals surface area contributed by atoms with Crippen molar-refractivity contribution in [2.45, 2.75) is 0 Å². The van der Waals surface area contributed by atoms with Gasteiger partial charge in [-0.25, -0.2) is 9.18 Å². The molecule has 6 heteroatoms. The van der Waals surface area contributed by atoms with E-state index < -0.39 is 11.9 Å². The number of carbonyl (C=O) groups excluding carboxylic acids is 2. The second-order valence-electron chi connectivity index (χ2n) is 4.15. The third kappa shape index (κ3) is 4.04. The SMILES string of the molecule is COC(=O)Nc1ccc(NC(=O)c2ccc(F)cc2)cc1. The maximum Gasteiger partial charge on any atom is 0.411 e. The fraction of sp³-hybridized carbons (Fsp3) is 0.0667. The van der Waals surface area contributed by atoms with Gasteiger partial charge in [-0.1, -0.05) is 0 Å². The third-order valence-electron chi connectivity index (χ3n) is 2.68. The lowest BCUT2D eigenvalue weighted by atomic mass is 10.2. The highest BCUT2D eigenvalue weighted by Crippen LogP contribution is 2.15. The first-order valence-corrected chi connectivity index (χ1v) is 6.10. The minimum absolute atomic E-state index is 0.344. The van der Waals surface area contributed by atoms with Gasteiger partial charge in [0.05, 0.1) is 7.11 Å². The molecule has 21 heavy (non-hydrogen) atoms. The van der Waals surface area contributed by atoms with E-state index in [1.54, 1.807) is 24.3 Å². The normalized spacial score (nSPS) is 9.81. The topological polar surface area (TPSA) is 67.4 Å². The van der Waals surface area contributed by atoms with Crippen molar-refractivity contribution >= 4 is 23.4 Å². The average Bonchev–Trinajstić information content (AvgIpc) is 2.49. The highest BCUT2D eigenvalue weighted by molar-refractivity contribution is 6.04. The Morgan fingerprint density at radius 1 is 0.905 bits per heavy atom. The summed E-state index contributed by atoms with van der Waals surface area (Å²) in [5.41, 5.74) is 1.45. The van der Waals surface area contributed by atoms with Gasteiger partial charge in [0.15, 0.2) is 0 Å². The molecule has 0 saturated heterocycles. The van der Waals surface area contributed by atoms with Crippen LogP contribution in [-0.4, -0.2) is 19.1 Å². The van der Waals surface area contributed by atoms with E-state index in [9.17, 15) is 14.0 Å². The van der Waals surface area contributed by atoms with E-state index in [1.165, 1.54) is 31.4 Å². The summed E-state index contributed by atoms with van der Waals surface area (Å²) in [7, 11) is 1.27. The molecule has 2 aromatic carbocycles. The summed E-state index contributed by atoms with van der Waals surface area (Å²) in [4.78, 5) is 22.9. The summed E-state index contributed by atoms with van der Waals surface area (Å²) in [5.74, 6) is -0.742. The fourth-order valence-corrected chi connectivity index (χ4v) is 1.61. The highest BCUT2D eigenvalue weighted by atomic mass is 19.1. The molecular formula is C15H13FN2O3. The van der Waals surface area contributed by atoms with Crippen molar-refractivity contribution in [3.8, 4) is 0 Å². The first-order chi connectivity index (χ1) is 10.1. The summed E-state index contributed by atoms with van der Waals surface area (Å²) in [6.07, 6.45) is -0.571. The molecule has 5 nitrogen and oxygen atoms in total. The van der Waals surface area contributed by atoms with E-state index in [0.717, 1.165) is 0 Å². The van der Waals surface area contributed by atoms with Crippen LogP contribution >= 0.6 is 0 Å². The van der Waals surface area contributed by atoms with Crippen molar-refractivity contribution < 1.29 is 18.7 Å². The Labute approximate surface area is 120 Å². The smallest absolute Gasteiger partial charge is 0.411 e. The monoisotopic (exact) mass is 288 g/mol. The van der Waals surface area contributed by atoms with Crippen LogP contribution in [0.3, 0.4) is 0 Å². The molecule has 0 saturated carbocycles. The first-order valence-electron chi connectivity index (χ1n) is 6.10. The van der Waals surface area contributed by atoms with Crippen molar-refractivity contribution in [2.75, 3.05) is 17.7 Å². The van der Waals surface area contributed by atoms with Gasteiger partial charge in [-0.2, -0.15) is 0 Å². The van der Waals surface area contributed by atoms with E-state index in [4.69, 9.17) is 0 Å². The van der Waals surface area contributed by atoms with Gasteiger partial charge in [-0.3, -0.25) is 10.1 Å². The van der Waals surface area contributed by atoms with Crippen LogP contribution in [-0.2, 0) is 4.74 Å². The van der Waals surface area contributed by atoms with Gasteiger partial charge in [0, 0.05) is 16.9 Å². The van der Waals surface area contributed by atoms with Crippen molar-refractivity contribution in [3.63, 3.8) is 0 Å². The summed E-state index contributed by atoms with van der Waals surface area (Å²) < 4.78 is 17.2. The Hall–Kier alpha value is -2.89. The Morgan fingerprint density at radius 2 is 1.43 bits per heavy atom. The summed E-state index contributed by atoms with van der Waals surface area (Å²) in [6, 6.07) is 11.8. The van der Waals surface area contributed by atoms with Crippen molar-refractivity contribution in [1.29, 1.82) is 0 Å². The van der Waals surface area contributed by atoms with E-state index >= 15 is 0 Å². The lowest BCUT2D eigenvalue weighted by Crippen LogP contribution is -2.13. The van der Waals surface area contributed by atoms with Gasteiger partial charge < -0.3 is 10.1 Å². The van der Waals surface area contributed by atoms with Crippen LogP contribution in [0.5, 0.6) is 0 Å². The van der Waals surface area contributed by atoms with Gasteiger partial charge in [0.25, 0.3) is 5.91 Å². The number of rotatable bonds is 3. The molecule has 2 N–H and O–H groups in total. The Morgan fingerprint density at radius 3 is 1.95 bits per heavy atom. The van der Waals surface area contributed by atoms with Gasteiger partial charge in [-0.15, -0.1) is 0 Å². The van der Waals surface area contributed by atoms with Crippen molar-refractivity contribution in [3.05, 3.63) is 59.9 Å². The lowest BCUT2D eigenvalue weighted by Gasteiger charge is -2.07. The molecule has 0 spiro atoms. The van der Waals surface area contributed by atoms with Crippen LogP contribution in [0.4, 0.5) is 20.6 Å². The Bertz CT molecular complexity index is 639. The van der Waals surface area contributed by atoms with E-state index in [2.05, 4.69) is 15.4 Å². The lowest BCUT2D eigenvalue weighted by molar-refractivity contribution is 0.102. The molecule has 0 fully saturated rings. The largest absolute Gasteiger partial charge is 0.453 e. The maximum atomic E-state index is 12.8. The van der Waals surface area contributed by atoms with Crippen LogP contribution in [0.25, 0.3) is 0 Å². The molecular weight excluding hydrogens is 275 g/mol. The van der Waals surface area contributed by atoms with Crippen LogP contribution in [0.1, 0.15) is 10.4 Å². The number of amides is 2. The predicted octanol–water partition coefficient (Wildman–Crippen LogP) is 3.26. The highest BCUT2D eigenvalue weighted by Gasteiger charge is 2.06. The zero-order chi connectivity index (χ0) is 15.2. The van der Waals surface area contributed by atoms with Crippen molar-refractivity contribution in [1.82, 2.24) is 0 Å². The average molecular weight is 288 g/mol. The number of hydrogen-bond acceptors (Lipinski definition) is 3. The third-order valence-corrected chi connectivity index (χ3v) is 2.68. The van der Waals surface area contributed by atoms with Gasteiger partial charge in [0.2, 0.25) is 0 Å². The molecule has 108 valence electrons. The number of methoxy groups -OCH3 is 1. The number of benzene rings is 2. The second-order valence-corrected chi connectivity index (χ2v) is 4.15. The Balaban J connectivity index is 2.01. The number of nitrogens with one attached hydrogen (secondary N) is 2. The summed E-state index contributed by atoms with van der Waals surface area (Å²) in [5, 5.41) is 5.16. The minimum atomic E-state index is -0.571. The zero-order valence-corrected chi connectivity index (χ0v) is 11.2. The molecule has 0 unspecified atom stereocenters. The van der Waals surface area contributed by atoms with Crippen LogP contribution < -0.4 is 10.6 Å². The van der Waals surface area contributed by atoms with Gasteiger partial charge in [-0.05, 0) is 48.5 Å². The number of anilines is 2. The summed E-state index contributed by atoms with van der Waals surface area (Å²) >= 11 is 0. The van der Waals surface area contributed by atoms with Crippen LogP contribution in [0.15, 0.2) is 48.5 Å². The number of halogens is 1. The number of carbonyl (C=O) groups is 2. The second kappa shape index (κ2) is 6.51. The quantitative estimate of drug-likeness (QED) is 0.911. The molecule has 0 aliphatic rings. The van der Waals surface area contributed by atoms with Crippen molar-refractivity contribution in [2.24, 2.45) is 0 Å². The molecule has 0 atom stereocenters. The van der Waals surface area contributed by atoms with Crippen LogP contribution in [0, 0.1) is 5.82 Å². The van der Waals surface area contributed by atoms with Crippen LogP contribution in [0.2, 0.25) is 0 Å². The molecule has 0 heterocycles. The molecule has 0 radical (unpaired) electrons. The fourth-order valence-electron chi connectivity index (χ4n) is 1.61. The molecule has 0 aromatic heterocycles. The molecule has 0 aliphatic heterocycles. The van der Waals surface area contributed by atoms with Gasteiger partial charge in [0.1, 0.15) is 5.82 Å². The van der Waals surface area contributed by atoms with E-state index in [-0.39, 0.29) is 5.91 Å². The molecule has 0 aliphatic carbocycles. The minimum Gasteiger partial charge on any atom is -0.453 e. The Kier molecular flexibility index (Phi) is 4.50. The predicted molar refractivity (Wildman–Crippen MR) is 76.8 cm³/mol. The summed E-state index contributed by atoms with van der Waals surface area (Å²) in [6.45, 7) is 0. The number of hydrogen-bond donors (Lipinski definition) is 2. The maximum absolute atomic E-state index is 12.8. The van der Waals surface area contributed by atoms with E-state index in [0.29, 0.717) is 16.9 Å². The standard InChI is InChI=1S/C15H13FN2O3/c1-21-15(20)18-13-8-6-12(7-9-13)17-14(19)10-2-4-11(16)5-3-10/h2-9H,1H3,(H,17,19)(H,18,20). The molecule has 2 rings (SSSR count).